The summed E-state index contributed by atoms with van der Waals surface area (Å²) in [7, 11) is 0. The highest BCUT2D eigenvalue weighted by molar-refractivity contribution is 7.19. The summed E-state index contributed by atoms with van der Waals surface area (Å²) < 4.78 is 3.76. The molecule has 0 spiro atoms. The molecular formula is C47H30N4S. The summed E-state index contributed by atoms with van der Waals surface area (Å²) in [5, 5.41) is 8.99. The Bertz CT molecular complexity index is 2910. The van der Waals surface area contributed by atoms with Crippen LogP contribution in [0.25, 0.3) is 93.5 Å². The SMILES string of the molecule is C1=C(c2nc(-c3ccccc3)nc(-c3ccccc3)n2)CCc2sc3cc(-n4c5ccc6ccccc6c5c5c6ccccc6ccc54)ccc3c21. The fourth-order valence-electron chi connectivity index (χ4n) is 8.09. The molecule has 0 saturated carbocycles. The molecule has 4 nitrogen and oxygen atoms in total. The molecule has 0 radical (unpaired) electrons. The monoisotopic (exact) mass is 682 g/mol. The molecule has 244 valence electrons. The Morgan fingerprint density at radius 2 is 1.04 bits per heavy atom. The Balaban J connectivity index is 1.08. The van der Waals surface area contributed by atoms with Crippen LogP contribution in [0.15, 0.2) is 152 Å². The summed E-state index contributed by atoms with van der Waals surface area (Å²) >= 11 is 1.91. The summed E-state index contributed by atoms with van der Waals surface area (Å²) in [6, 6.07) is 54.1. The molecule has 0 unspecified atom stereocenters. The lowest BCUT2D eigenvalue weighted by molar-refractivity contribution is 0.971. The lowest BCUT2D eigenvalue weighted by Gasteiger charge is -2.14. The Hall–Kier alpha value is -6.43. The number of fused-ring (bicyclic) bond motifs is 10. The van der Waals surface area contributed by atoms with Gasteiger partial charge in [-0.1, -0.05) is 127 Å². The third kappa shape index (κ3) is 4.56. The van der Waals surface area contributed by atoms with E-state index in [0.717, 1.165) is 35.4 Å². The molecule has 3 aromatic heterocycles. The predicted octanol–water partition coefficient (Wildman–Crippen LogP) is 12.3. The summed E-state index contributed by atoms with van der Waals surface area (Å²) in [4.78, 5) is 16.4. The highest BCUT2D eigenvalue weighted by atomic mass is 32.1. The van der Waals surface area contributed by atoms with Gasteiger partial charge in [0.15, 0.2) is 17.5 Å². The van der Waals surface area contributed by atoms with E-state index >= 15 is 0 Å². The third-order valence-corrected chi connectivity index (χ3v) is 11.7. The quantitative estimate of drug-likeness (QED) is 0.186. The third-order valence-electron chi connectivity index (χ3n) is 10.5. The number of hydrogen-bond acceptors (Lipinski definition) is 4. The van der Waals surface area contributed by atoms with E-state index in [1.54, 1.807) is 0 Å². The molecule has 1 aliphatic rings. The van der Waals surface area contributed by atoms with Gasteiger partial charge >= 0.3 is 0 Å². The Morgan fingerprint density at radius 3 is 1.65 bits per heavy atom. The van der Waals surface area contributed by atoms with Gasteiger partial charge in [0.25, 0.3) is 0 Å². The van der Waals surface area contributed by atoms with Crippen molar-refractivity contribution in [3.8, 4) is 28.5 Å². The van der Waals surface area contributed by atoms with E-state index in [1.165, 1.54) is 69.6 Å². The van der Waals surface area contributed by atoms with Gasteiger partial charge < -0.3 is 4.57 Å². The van der Waals surface area contributed by atoms with Crippen LogP contribution < -0.4 is 0 Å². The molecule has 11 rings (SSSR count). The van der Waals surface area contributed by atoms with Gasteiger partial charge in [-0.3, -0.25) is 0 Å². The first kappa shape index (κ1) is 29.3. The lowest BCUT2D eigenvalue weighted by atomic mass is 9.95. The van der Waals surface area contributed by atoms with Crippen LogP contribution >= 0.6 is 11.3 Å². The predicted molar refractivity (Wildman–Crippen MR) is 218 cm³/mol. The van der Waals surface area contributed by atoms with E-state index in [4.69, 9.17) is 15.0 Å². The number of thiophene rings is 1. The van der Waals surface area contributed by atoms with E-state index in [0.29, 0.717) is 11.6 Å². The minimum atomic E-state index is 0.697. The largest absolute Gasteiger partial charge is 0.309 e. The smallest absolute Gasteiger partial charge is 0.164 e. The van der Waals surface area contributed by atoms with Crippen molar-refractivity contribution in [3.63, 3.8) is 0 Å². The fourth-order valence-corrected chi connectivity index (χ4v) is 9.30. The molecule has 5 heteroatoms. The minimum Gasteiger partial charge on any atom is -0.309 e. The number of hydrogen-bond donors (Lipinski definition) is 0. The molecule has 0 amide bonds. The van der Waals surface area contributed by atoms with E-state index < -0.39 is 0 Å². The summed E-state index contributed by atoms with van der Waals surface area (Å²) in [6.07, 6.45) is 4.16. The zero-order valence-electron chi connectivity index (χ0n) is 28.1. The Morgan fingerprint density at radius 1 is 0.481 bits per heavy atom. The van der Waals surface area contributed by atoms with Gasteiger partial charge in [-0.15, -0.1) is 11.3 Å². The van der Waals surface area contributed by atoms with Crippen LogP contribution in [0.3, 0.4) is 0 Å². The van der Waals surface area contributed by atoms with E-state index in [1.807, 2.05) is 47.7 Å². The Labute approximate surface area is 304 Å². The van der Waals surface area contributed by atoms with Crippen molar-refractivity contribution in [1.29, 1.82) is 0 Å². The molecule has 0 fully saturated rings. The lowest BCUT2D eigenvalue weighted by Crippen LogP contribution is -2.05. The molecule has 0 saturated heterocycles. The van der Waals surface area contributed by atoms with Crippen molar-refractivity contribution in [2.75, 3.05) is 0 Å². The summed E-state index contributed by atoms with van der Waals surface area (Å²) in [5.41, 5.74) is 8.04. The van der Waals surface area contributed by atoms with Gasteiger partial charge in [0, 0.05) is 42.6 Å². The van der Waals surface area contributed by atoms with Crippen LogP contribution in [0, 0.1) is 0 Å². The first-order valence-corrected chi connectivity index (χ1v) is 18.6. The van der Waals surface area contributed by atoms with Crippen LogP contribution in [0.4, 0.5) is 0 Å². The molecule has 0 bridgehead atoms. The normalized spacial score (nSPS) is 13.0. The first-order valence-electron chi connectivity index (χ1n) is 17.7. The number of nitrogens with zero attached hydrogens (tertiary/aromatic N) is 4. The van der Waals surface area contributed by atoms with Gasteiger partial charge in [0.05, 0.1) is 11.0 Å². The molecule has 52 heavy (non-hydrogen) atoms. The maximum Gasteiger partial charge on any atom is 0.164 e. The standard InChI is InChI=1S/C47H30N4S/c1-3-13-31(14-4-1)45-48-46(32-15-5-2-6-16-32)50-47(49-45)33-21-26-41-38(27-33)37-23-22-34(28-42(37)52-41)51-39-24-19-29-11-7-9-17-35(29)43(39)44-36-18-10-8-12-30(36)20-25-40(44)51/h1-20,22-25,27-28H,21,26H2. The number of allylic oxidation sites excluding steroid dienone is 1. The van der Waals surface area contributed by atoms with Crippen LogP contribution in [0.5, 0.6) is 0 Å². The second-order valence-electron chi connectivity index (χ2n) is 13.5. The highest BCUT2D eigenvalue weighted by Crippen LogP contribution is 2.44. The minimum absolute atomic E-state index is 0.697. The van der Waals surface area contributed by atoms with Crippen molar-refractivity contribution >= 4 is 76.4 Å². The maximum atomic E-state index is 5.05. The molecular weight excluding hydrogens is 653 g/mol. The average Bonchev–Trinajstić information content (AvgIpc) is 3.76. The van der Waals surface area contributed by atoms with Crippen molar-refractivity contribution in [2.24, 2.45) is 0 Å². The second kappa shape index (κ2) is 11.6. The van der Waals surface area contributed by atoms with Gasteiger partial charge in [-0.2, -0.15) is 0 Å². The van der Waals surface area contributed by atoms with Gasteiger partial charge in [-0.25, -0.2) is 15.0 Å². The van der Waals surface area contributed by atoms with E-state index in [2.05, 4.69) is 126 Å². The van der Waals surface area contributed by atoms with Crippen molar-refractivity contribution in [1.82, 2.24) is 19.5 Å². The molecule has 0 atom stereocenters. The van der Waals surface area contributed by atoms with Crippen LogP contribution in [-0.2, 0) is 6.42 Å². The molecule has 3 heterocycles. The first-order chi connectivity index (χ1) is 25.8. The fraction of sp³-hybridized carbons (Fsp3) is 0.0426. The van der Waals surface area contributed by atoms with Crippen molar-refractivity contribution in [2.45, 2.75) is 12.8 Å². The molecule has 7 aromatic carbocycles. The van der Waals surface area contributed by atoms with Crippen molar-refractivity contribution < 1.29 is 0 Å². The highest BCUT2D eigenvalue weighted by Gasteiger charge is 2.22. The number of benzene rings is 7. The summed E-state index contributed by atoms with van der Waals surface area (Å²) in [6.45, 7) is 0. The zero-order valence-corrected chi connectivity index (χ0v) is 28.9. The molecule has 0 aliphatic heterocycles. The van der Waals surface area contributed by atoms with Crippen LogP contribution in [0.1, 0.15) is 22.7 Å². The van der Waals surface area contributed by atoms with E-state index in [-0.39, 0.29) is 0 Å². The molecule has 0 N–H and O–H groups in total. The maximum absolute atomic E-state index is 5.05. The number of aryl methyl sites for hydroxylation is 1. The average molecular weight is 683 g/mol. The summed E-state index contributed by atoms with van der Waals surface area (Å²) in [5.74, 6) is 2.14. The number of aromatic nitrogens is 4. The Kier molecular flexibility index (Phi) is 6.51. The van der Waals surface area contributed by atoms with Crippen LogP contribution in [0.2, 0.25) is 0 Å². The second-order valence-corrected chi connectivity index (χ2v) is 14.7. The zero-order chi connectivity index (χ0) is 34.2. The number of rotatable bonds is 4. The van der Waals surface area contributed by atoms with Gasteiger partial charge in [0.1, 0.15) is 0 Å². The van der Waals surface area contributed by atoms with Crippen LogP contribution in [-0.4, -0.2) is 19.5 Å². The van der Waals surface area contributed by atoms with E-state index in [9.17, 15) is 0 Å². The topological polar surface area (TPSA) is 43.6 Å². The van der Waals surface area contributed by atoms with Gasteiger partial charge in [-0.05, 0) is 75.9 Å². The molecule has 1 aliphatic carbocycles. The molecule has 10 aromatic rings. The van der Waals surface area contributed by atoms with Crippen molar-refractivity contribution in [3.05, 3.63) is 168 Å². The van der Waals surface area contributed by atoms with Gasteiger partial charge in [0.2, 0.25) is 0 Å².